The lowest BCUT2D eigenvalue weighted by Gasteiger charge is -2.11. The molecule has 0 fully saturated rings. The molecule has 1 aromatic carbocycles. The van der Waals surface area contributed by atoms with Crippen LogP contribution in [0.5, 0.6) is 11.5 Å². The van der Waals surface area contributed by atoms with Crippen molar-refractivity contribution in [3.63, 3.8) is 0 Å². The zero-order valence-corrected chi connectivity index (χ0v) is 13.9. The summed E-state index contributed by atoms with van der Waals surface area (Å²) in [6, 6.07) is 2.31. The predicted molar refractivity (Wildman–Crippen MR) is 85.9 cm³/mol. The maximum atomic E-state index is 11.3. The average molecular weight is 330 g/mol. The first-order valence-electron chi connectivity index (χ1n) is 7.89. The molecule has 0 spiro atoms. The standard InChI is InChI=1S/C16H26O5S/c1-2-3-4-5-6-7-8-9-10-13-14(17)11-12-15(18)16(13)22(19,20)21/h11-12,17-18H,2-10H2,1H3,(H,19,20,21). The Morgan fingerprint density at radius 1 is 0.864 bits per heavy atom. The van der Waals surface area contributed by atoms with Crippen LogP contribution in [0.25, 0.3) is 0 Å². The lowest BCUT2D eigenvalue weighted by molar-refractivity contribution is 0.425. The van der Waals surface area contributed by atoms with Crippen molar-refractivity contribution < 1.29 is 23.2 Å². The van der Waals surface area contributed by atoms with Crippen molar-refractivity contribution in [3.8, 4) is 11.5 Å². The lowest BCUT2D eigenvalue weighted by Crippen LogP contribution is -2.04. The molecule has 0 aromatic heterocycles. The summed E-state index contributed by atoms with van der Waals surface area (Å²) in [5.74, 6) is -0.747. The summed E-state index contributed by atoms with van der Waals surface area (Å²) in [6.45, 7) is 2.18. The van der Waals surface area contributed by atoms with Gasteiger partial charge in [0.2, 0.25) is 0 Å². The van der Waals surface area contributed by atoms with Gasteiger partial charge in [-0.3, -0.25) is 4.55 Å². The summed E-state index contributed by atoms with van der Waals surface area (Å²) in [4.78, 5) is -0.574. The lowest BCUT2D eigenvalue weighted by atomic mass is 10.0. The van der Waals surface area contributed by atoms with Gasteiger partial charge in [0.25, 0.3) is 10.1 Å². The van der Waals surface area contributed by atoms with Crippen LogP contribution >= 0.6 is 0 Å². The maximum Gasteiger partial charge on any atom is 0.298 e. The summed E-state index contributed by atoms with van der Waals surface area (Å²) >= 11 is 0. The van der Waals surface area contributed by atoms with Crippen LogP contribution in [0.3, 0.4) is 0 Å². The second kappa shape index (κ2) is 9.00. The molecule has 126 valence electrons. The average Bonchev–Trinajstić information content (AvgIpc) is 2.43. The largest absolute Gasteiger partial charge is 0.508 e. The van der Waals surface area contributed by atoms with Crippen LogP contribution in [0.15, 0.2) is 17.0 Å². The number of hydrogen-bond donors (Lipinski definition) is 3. The molecule has 0 saturated heterocycles. The molecule has 5 nitrogen and oxygen atoms in total. The second-order valence-electron chi connectivity index (χ2n) is 5.61. The Bertz CT molecular complexity index is 566. The Kier molecular flexibility index (Phi) is 7.68. The summed E-state index contributed by atoms with van der Waals surface area (Å²) < 4.78 is 31.9. The van der Waals surface area contributed by atoms with Crippen molar-refractivity contribution in [2.45, 2.75) is 69.6 Å². The van der Waals surface area contributed by atoms with Crippen LogP contribution in [0.2, 0.25) is 0 Å². The number of phenols is 2. The minimum absolute atomic E-state index is 0.0912. The Morgan fingerprint density at radius 3 is 1.91 bits per heavy atom. The number of rotatable bonds is 10. The van der Waals surface area contributed by atoms with Crippen molar-refractivity contribution in [2.75, 3.05) is 0 Å². The number of phenolic OH excluding ortho intramolecular Hbond substituents is 2. The number of unbranched alkanes of at least 4 members (excludes halogenated alkanes) is 7. The monoisotopic (exact) mass is 330 g/mol. The van der Waals surface area contributed by atoms with Gasteiger partial charge < -0.3 is 10.2 Å². The molecule has 0 aliphatic heterocycles. The van der Waals surface area contributed by atoms with Gasteiger partial charge in [-0.2, -0.15) is 8.42 Å². The molecule has 1 aromatic rings. The normalized spacial score (nSPS) is 11.7. The highest BCUT2D eigenvalue weighted by Crippen LogP contribution is 2.34. The zero-order valence-electron chi connectivity index (χ0n) is 13.1. The molecule has 0 radical (unpaired) electrons. The third-order valence-electron chi connectivity index (χ3n) is 3.75. The van der Waals surface area contributed by atoms with Gasteiger partial charge >= 0.3 is 0 Å². The van der Waals surface area contributed by atoms with Gasteiger partial charge in [0.1, 0.15) is 16.4 Å². The van der Waals surface area contributed by atoms with Gasteiger partial charge in [-0.1, -0.05) is 51.9 Å². The minimum atomic E-state index is -4.55. The van der Waals surface area contributed by atoms with Gasteiger partial charge in [0.05, 0.1) is 0 Å². The molecular formula is C16H26O5S. The summed E-state index contributed by atoms with van der Waals surface area (Å²) in [5.41, 5.74) is 0.0912. The van der Waals surface area contributed by atoms with Crippen molar-refractivity contribution in [1.82, 2.24) is 0 Å². The van der Waals surface area contributed by atoms with Crippen LogP contribution in [0.4, 0.5) is 0 Å². The molecule has 3 N–H and O–H groups in total. The van der Waals surface area contributed by atoms with E-state index in [4.69, 9.17) is 0 Å². The van der Waals surface area contributed by atoms with Crippen LogP contribution in [0.1, 0.15) is 63.9 Å². The van der Waals surface area contributed by atoms with Crippen molar-refractivity contribution in [3.05, 3.63) is 17.7 Å². The third kappa shape index (κ3) is 5.85. The molecule has 22 heavy (non-hydrogen) atoms. The van der Waals surface area contributed by atoms with Gasteiger partial charge in [0.15, 0.2) is 0 Å². The van der Waals surface area contributed by atoms with E-state index in [9.17, 15) is 23.2 Å². The van der Waals surface area contributed by atoms with Crippen LogP contribution in [0, 0.1) is 0 Å². The number of aromatic hydroxyl groups is 2. The molecule has 1 rings (SSSR count). The van der Waals surface area contributed by atoms with E-state index >= 15 is 0 Å². The minimum Gasteiger partial charge on any atom is -0.508 e. The highest BCUT2D eigenvalue weighted by molar-refractivity contribution is 7.86. The van der Waals surface area contributed by atoms with Crippen LogP contribution in [-0.4, -0.2) is 23.2 Å². The van der Waals surface area contributed by atoms with Crippen LogP contribution in [-0.2, 0) is 16.5 Å². The van der Waals surface area contributed by atoms with Gasteiger partial charge in [0, 0.05) is 5.56 Å². The molecule has 0 saturated carbocycles. The van der Waals surface area contributed by atoms with E-state index in [2.05, 4.69) is 6.92 Å². The van der Waals surface area contributed by atoms with Gasteiger partial charge in [-0.25, -0.2) is 0 Å². The third-order valence-corrected chi connectivity index (χ3v) is 4.72. The van der Waals surface area contributed by atoms with Crippen LogP contribution < -0.4 is 0 Å². The Morgan fingerprint density at radius 2 is 1.36 bits per heavy atom. The van der Waals surface area contributed by atoms with E-state index in [-0.39, 0.29) is 11.3 Å². The molecule has 0 unspecified atom stereocenters. The molecule has 0 heterocycles. The second-order valence-corrected chi connectivity index (χ2v) is 6.97. The Labute approximate surface area is 132 Å². The molecular weight excluding hydrogens is 304 g/mol. The molecule has 0 amide bonds. The highest BCUT2D eigenvalue weighted by atomic mass is 32.2. The van der Waals surface area contributed by atoms with E-state index in [1.807, 2.05) is 0 Å². The Hall–Kier alpha value is -1.27. The van der Waals surface area contributed by atoms with E-state index < -0.39 is 20.8 Å². The number of benzene rings is 1. The zero-order chi connectivity index (χ0) is 16.6. The summed E-state index contributed by atoms with van der Waals surface area (Å²) in [5, 5.41) is 19.4. The topological polar surface area (TPSA) is 94.8 Å². The first-order valence-corrected chi connectivity index (χ1v) is 9.33. The first kappa shape index (κ1) is 18.8. The van der Waals surface area contributed by atoms with E-state index in [0.29, 0.717) is 12.8 Å². The fraction of sp³-hybridized carbons (Fsp3) is 0.625. The van der Waals surface area contributed by atoms with E-state index in [0.717, 1.165) is 25.3 Å². The predicted octanol–water partition coefficient (Wildman–Crippen LogP) is 4.03. The summed E-state index contributed by atoms with van der Waals surface area (Å²) in [6.07, 6.45) is 9.08. The van der Waals surface area contributed by atoms with E-state index in [1.54, 1.807) is 0 Å². The van der Waals surface area contributed by atoms with Gasteiger partial charge in [-0.15, -0.1) is 0 Å². The molecule has 6 heteroatoms. The quantitative estimate of drug-likeness (QED) is 0.342. The summed E-state index contributed by atoms with van der Waals surface area (Å²) in [7, 11) is -4.55. The van der Waals surface area contributed by atoms with Crippen molar-refractivity contribution in [2.24, 2.45) is 0 Å². The van der Waals surface area contributed by atoms with E-state index in [1.165, 1.54) is 31.7 Å². The maximum absolute atomic E-state index is 11.3. The smallest absolute Gasteiger partial charge is 0.298 e. The Balaban J connectivity index is 2.54. The first-order chi connectivity index (χ1) is 10.4. The highest BCUT2D eigenvalue weighted by Gasteiger charge is 2.22. The number of hydrogen-bond acceptors (Lipinski definition) is 4. The molecule has 0 aliphatic carbocycles. The van der Waals surface area contributed by atoms with Crippen molar-refractivity contribution in [1.29, 1.82) is 0 Å². The van der Waals surface area contributed by atoms with Crippen molar-refractivity contribution >= 4 is 10.1 Å². The molecule has 0 aliphatic rings. The molecule has 0 atom stereocenters. The van der Waals surface area contributed by atoms with Gasteiger partial charge in [-0.05, 0) is 25.0 Å². The molecule has 0 bridgehead atoms. The fourth-order valence-corrected chi connectivity index (χ4v) is 3.42. The fourth-order valence-electron chi connectivity index (χ4n) is 2.57. The SMILES string of the molecule is CCCCCCCCCCc1c(O)ccc(O)c1S(=O)(=O)O.